The van der Waals surface area contributed by atoms with Gasteiger partial charge in [-0.25, -0.2) is 4.79 Å². The van der Waals surface area contributed by atoms with Crippen molar-refractivity contribution < 1.29 is 19.2 Å². The van der Waals surface area contributed by atoms with Gasteiger partial charge in [0.15, 0.2) is 6.61 Å². The van der Waals surface area contributed by atoms with Gasteiger partial charge >= 0.3 is 5.97 Å². The number of hydrogen-bond donors (Lipinski definition) is 1. The number of esters is 1. The third kappa shape index (κ3) is 4.38. The van der Waals surface area contributed by atoms with Gasteiger partial charge in [-0.05, 0) is 30.5 Å². The van der Waals surface area contributed by atoms with Crippen LogP contribution in [0.5, 0.6) is 0 Å². The van der Waals surface area contributed by atoms with Crippen molar-refractivity contribution in [3.05, 3.63) is 35.4 Å². The summed E-state index contributed by atoms with van der Waals surface area (Å²) in [7, 11) is 1.33. The number of carbonyl (C=O) groups excluding carboxylic acids is 2. The second kappa shape index (κ2) is 6.70. The Hall–Kier alpha value is -2.37. The fourth-order valence-electron chi connectivity index (χ4n) is 1.51. The lowest BCUT2D eigenvalue weighted by Gasteiger charge is -2.01. The molecular weight excluding hydrogens is 260 g/mol. The zero-order valence-electron chi connectivity index (χ0n) is 11.2. The zero-order valence-corrected chi connectivity index (χ0v) is 11.2. The zero-order chi connectivity index (χ0) is 14.4. The molecule has 0 saturated heterocycles. The van der Waals surface area contributed by atoms with Crippen molar-refractivity contribution in [1.82, 2.24) is 5.32 Å². The van der Waals surface area contributed by atoms with Crippen LogP contribution in [0.15, 0.2) is 29.4 Å². The fraction of sp³-hybridized carbons (Fsp3) is 0.357. The molecule has 0 heterocycles. The predicted octanol–water partition coefficient (Wildman–Crippen LogP) is 1.10. The normalized spacial score (nSPS) is 14.1. The molecule has 0 radical (unpaired) electrons. The topological polar surface area (TPSA) is 77.0 Å². The van der Waals surface area contributed by atoms with Gasteiger partial charge < -0.3 is 14.9 Å². The first kappa shape index (κ1) is 14.0. The molecule has 0 spiro atoms. The fourth-order valence-corrected chi connectivity index (χ4v) is 1.51. The Morgan fingerprint density at radius 2 is 2.05 bits per heavy atom. The van der Waals surface area contributed by atoms with Crippen molar-refractivity contribution in [1.29, 1.82) is 0 Å². The van der Waals surface area contributed by atoms with Crippen molar-refractivity contribution in [2.75, 3.05) is 13.7 Å². The van der Waals surface area contributed by atoms with E-state index in [0.717, 1.165) is 18.4 Å². The quantitative estimate of drug-likeness (QED) is 0.479. The number of oxime groups is 1. The van der Waals surface area contributed by atoms with Gasteiger partial charge in [0.05, 0.1) is 18.9 Å². The second-order valence-corrected chi connectivity index (χ2v) is 4.46. The van der Waals surface area contributed by atoms with Crippen molar-refractivity contribution in [2.24, 2.45) is 5.16 Å². The molecule has 6 heteroatoms. The number of nitrogens with one attached hydrogen (secondary N) is 1. The monoisotopic (exact) mass is 276 g/mol. The molecule has 1 aliphatic rings. The van der Waals surface area contributed by atoms with Crippen LogP contribution in [0, 0.1) is 0 Å². The highest BCUT2D eigenvalue weighted by molar-refractivity contribution is 5.90. The summed E-state index contributed by atoms with van der Waals surface area (Å²) in [4.78, 5) is 27.4. The number of hydrogen-bond acceptors (Lipinski definition) is 5. The van der Waals surface area contributed by atoms with E-state index < -0.39 is 0 Å². The largest absolute Gasteiger partial charge is 0.465 e. The molecule has 1 aromatic carbocycles. The summed E-state index contributed by atoms with van der Waals surface area (Å²) in [6.07, 6.45) is 3.56. The van der Waals surface area contributed by atoms with E-state index in [9.17, 15) is 9.59 Å². The Kier molecular flexibility index (Phi) is 4.70. The van der Waals surface area contributed by atoms with E-state index in [1.165, 1.54) is 13.3 Å². The second-order valence-electron chi connectivity index (χ2n) is 4.46. The Labute approximate surface area is 116 Å². The molecule has 1 saturated carbocycles. The van der Waals surface area contributed by atoms with Gasteiger partial charge in [0.2, 0.25) is 0 Å². The van der Waals surface area contributed by atoms with Crippen LogP contribution < -0.4 is 5.32 Å². The average molecular weight is 276 g/mol. The molecule has 1 aliphatic carbocycles. The van der Waals surface area contributed by atoms with Crippen molar-refractivity contribution in [2.45, 2.75) is 18.9 Å². The first-order valence-electron chi connectivity index (χ1n) is 6.32. The molecule has 0 aromatic heterocycles. The molecule has 1 fully saturated rings. The maximum Gasteiger partial charge on any atom is 0.337 e. The minimum atomic E-state index is -0.388. The van der Waals surface area contributed by atoms with E-state index in [1.54, 1.807) is 24.3 Å². The van der Waals surface area contributed by atoms with Crippen LogP contribution in [0.3, 0.4) is 0 Å². The number of ether oxygens (including phenoxy) is 1. The lowest BCUT2D eigenvalue weighted by Crippen LogP contribution is -2.28. The maximum absolute atomic E-state index is 11.3. The number of amides is 1. The lowest BCUT2D eigenvalue weighted by atomic mass is 10.1. The van der Waals surface area contributed by atoms with Gasteiger partial charge in [0, 0.05) is 6.04 Å². The highest BCUT2D eigenvalue weighted by atomic mass is 16.6. The molecule has 0 atom stereocenters. The third-order valence-corrected chi connectivity index (χ3v) is 2.75. The van der Waals surface area contributed by atoms with Crippen LogP contribution in [0.4, 0.5) is 0 Å². The highest BCUT2D eigenvalue weighted by Gasteiger charge is 2.23. The van der Waals surface area contributed by atoms with Gasteiger partial charge in [-0.2, -0.15) is 0 Å². The summed E-state index contributed by atoms with van der Waals surface area (Å²) >= 11 is 0. The summed E-state index contributed by atoms with van der Waals surface area (Å²) < 4.78 is 4.60. The van der Waals surface area contributed by atoms with Crippen LogP contribution in [-0.4, -0.2) is 37.8 Å². The van der Waals surface area contributed by atoms with Crippen molar-refractivity contribution >= 4 is 18.1 Å². The van der Waals surface area contributed by atoms with Crippen LogP contribution >= 0.6 is 0 Å². The highest BCUT2D eigenvalue weighted by Crippen LogP contribution is 2.18. The number of methoxy groups -OCH3 is 1. The molecular formula is C14H16N2O4. The minimum Gasteiger partial charge on any atom is -0.465 e. The molecule has 1 amide bonds. The average Bonchev–Trinajstić information content (AvgIpc) is 3.27. The van der Waals surface area contributed by atoms with Gasteiger partial charge in [0.25, 0.3) is 5.91 Å². The molecule has 2 rings (SSSR count). The predicted molar refractivity (Wildman–Crippen MR) is 72.5 cm³/mol. The SMILES string of the molecule is COC(=O)c1ccc(/C=N/OCC(=O)NC2CC2)cc1. The standard InChI is InChI=1S/C14H16N2O4/c1-19-14(18)11-4-2-10(3-5-11)8-15-20-9-13(17)16-12-6-7-12/h2-5,8,12H,6-7,9H2,1H3,(H,16,17)/b15-8+. The lowest BCUT2D eigenvalue weighted by molar-refractivity contribution is -0.125. The van der Waals surface area contributed by atoms with Crippen LogP contribution in [0.25, 0.3) is 0 Å². The summed E-state index contributed by atoms with van der Waals surface area (Å²) in [5.41, 5.74) is 1.23. The number of carbonyl (C=O) groups is 2. The molecule has 1 N–H and O–H groups in total. The van der Waals surface area contributed by atoms with Gasteiger partial charge in [0.1, 0.15) is 0 Å². The first-order chi connectivity index (χ1) is 9.69. The van der Waals surface area contributed by atoms with E-state index in [1.807, 2.05) is 0 Å². The Balaban J connectivity index is 1.75. The molecule has 0 aliphatic heterocycles. The van der Waals surface area contributed by atoms with Crippen LogP contribution in [0.2, 0.25) is 0 Å². The summed E-state index contributed by atoms with van der Waals surface area (Å²) in [6, 6.07) is 7.01. The molecule has 106 valence electrons. The van der Waals surface area contributed by atoms with Crippen molar-refractivity contribution in [3.63, 3.8) is 0 Å². The Bertz CT molecular complexity index is 506. The number of rotatable bonds is 6. The third-order valence-electron chi connectivity index (χ3n) is 2.75. The number of nitrogens with zero attached hydrogens (tertiary/aromatic N) is 1. The van der Waals surface area contributed by atoms with Crippen LogP contribution in [-0.2, 0) is 14.4 Å². The van der Waals surface area contributed by atoms with E-state index in [0.29, 0.717) is 11.6 Å². The minimum absolute atomic E-state index is 0.0900. The van der Waals surface area contributed by atoms with Gasteiger partial charge in [-0.1, -0.05) is 17.3 Å². The number of benzene rings is 1. The van der Waals surface area contributed by atoms with Gasteiger partial charge in [-0.3, -0.25) is 4.79 Å². The molecule has 20 heavy (non-hydrogen) atoms. The molecule has 0 bridgehead atoms. The Morgan fingerprint density at radius 1 is 1.35 bits per heavy atom. The van der Waals surface area contributed by atoms with E-state index in [2.05, 4.69) is 15.2 Å². The summed E-state index contributed by atoms with van der Waals surface area (Å²) in [5, 5.41) is 6.49. The van der Waals surface area contributed by atoms with Crippen molar-refractivity contribution in [3.8, 4) is 0 Å². The molecule has 6 nitrogen and oxygen atoms in total. The Morgan fingerprint density at radius 3 is 2.65 bits per heavy atom. The first-order valence-corrected chi connectivity index (χ1v) is 6.32. The van der Waals surface area contributed by atoms with E-state index in [-0.39, 0.29) is 18.5 Å². The van der Waals surface area contributed by atoms with Gasteiger partial charge in [-0.15, -0.1) is 0 Å². The van der Waals surface area contributed by atoms with E-state index >= 15 is 0 Å². The summed E-state index contributed by atoms with van der Waals surface area (Å²) in [5.74, 6) is -0.549. The molecule has 0 unspecified atom stereocenters. The molecule has 1 aromatic rings. The van der Waals surface area contributed by atoms with Crippen LogP contribution in [0.1, 0.15) is 28.8 Å². The maximum atomic E-state index is 11.3. The van der Waals surface area contributed by atoms with E-state index in [4.69, 9.17) is 4.84 Å². The smallest absolute Gasteiger partial charge is 0.337 e. The summed E-state index contributed by atoms with van der Waals surface area (Å²) in [6.45, 7) is -0.0900.